The summed E-state index contributed by atoms with van der Waals surface area (Å²) in [7, 11) is 1.65. The summed E-state index contributed by atoms with van der Waals surface area (Å²) in [6, 6.07) is 7.68. The minimum absolute atomic E-state index is 0.0702. The molecular formula is C21H30N2O4. The molecule has 0 aliphatic carbocycles. The van der Waals surface area contributed by atoms with Gasteiger partial charge in [0.2, 0.25) is 11.8 Å². The van der Waals surface area contributed by atoms with Gasteiger partial charge in [0, 0.05) is 38.9 Å². The van der Waals surface area contributed by atoms with Gasteiger partial charge in [-0.2, -0.15) is 0 Å². The molecule has 3 rings (SSSR count). The lowest BCUT2D eigenvalue weighted by Crippen LogP contribution is -2.51. The van der Waals surface area contributed by atoms with E-state index in [1.165, 1.54) is 0 Å². The van der Waals surface area contributed by atoms with Crippen molar-refractivity contribution in [3.8, 4) is 5.75 Å². The predicted molar refractivity (Wildman–Crippen MR) is 103 cm³/mol. The first kappa shape index (κ1) is 19.7. The van der Waals surface area contributed by atoms with Crippen molar-refractivity contribution in [2.24, 2.45) is 5.41 Å². The van der Waals surface area contributed by atoms with Gasteiger partial charge in [-0.25, -0.2) is 0 Å². The summed E-state index contributed by atoms with van der Waals surface area (Å²) in [5, 5.41) is 0. The van der Waals surface area contributed by atoms with E-state index in [4.69, 9.17) is 9.47 Å². The van der Waals surface area contributed by atoms with Crippen molar-refractivity contribution in [1.82, 2.24) is 9.80 Å². The maximum atomic E-state index is 13.0. The van der Waals surface area contributed by atoms with Crippen LogP contribution < -0.4 is 4.74 Å². The predicted octanol–water partition coefficient (Wildman–Crippen LogP) is 2.12. The van der Waals surface area contributed by atoms with Crippen molar-refractivity contribution in [3.63, 3.8) is 0 Å². The van der Waals surface area contributed by atoms with Crippen LogP contribution in [-0.2, 0) is 20.7 Å². The Hall–Kier alpha value is -2.08. The van der Waals surface area contributed by atoms with E-state index in [1.54, 1.807) is 7.11 Å². The quantitative estimate of drug-likeness (QED) is 0.734. The largest absolute Gasteiger partial charge is 0.494 e. The van der Waals surface area contributed by atoms with Crippen LogP contribution in [-0.4, -0.2) is 68.1 Å². The van der Waals surface area contributed by atoms with E-state index >= 15 is 0 Å². The average molecular weight is 374 g/mol. The van der Waals surface area contributed by atoms with Gasteiger partial charge in [-0.3, -0.25) is 9.59 Å². The molecule has 2 fully saturated rings. The Kier molecular flexibility index (Phi) is 6.37. The standard InChI is InChI=1S/C21H30N2O4/c1-3-27-18-8-5-4-7-17(18)15-19(24)23-12-10-21(16-23)9-6-11-22(20(21)25)13-14-26-2/h4-5,7-8H,3,6,9-16H2,1-2H3. The zero-order chi connectivity index (χ0) is 19.3. The molecule has 0 radical (unpaired) electrons. The molecule has 6 nitrogen and oxygen atoms in total. The van der Waals surface area contributed by atoms with Crippen molar-refractivity contribution in [1.29, 1.82) is 0 Å². The second-order valence-corrected chi connectivity index (χ2v) is 7.45. The van der Waals surface area contributed by atoms with Gasteiger partial charge in [0.05, 0.1) is 25.0 Å². The number of nitrogens with zero attached hydrogens (tertiary/aromatic N) is 2. The van der Waals surface area contributed by atoms with E-state index in [1.807, 2.05) is 41.0 Å². The van der Waals surface area contributed by atoms with Crippen LogP contribution in [0.3, 0.4) is 0 Å². The molecule has 2 aliphatic rings. The number of hydrogen-bond acceptors (Lipinski definition) is 4. The molecule has 1 atom stereocenters. The Balaban J connectivity index is 1.65. The second kappa shape index (κ2) is 8.74. The third-order valence-corrected chi connectivity index (χ3v) is 5.71. The minimum Gasteiger partial charge on any atom is -0.494 e. The molecule has 6 heteroatoms. The average Bonchev–Trinajstić information content (AvgIpc) is 3.10. The highest BCUT2D eigenvalue weighted by Crippen LogP contribution is 2.40. The Morgan fingerprint density at radius 3 is 2.81 bits per heavy atom. The van der Waals surface area contributed by atoms with Gasteiger partial charge in [-0.05, 0) is 32.3 Å². The van der Waals surface area contributed by atoms with Crippen molar-refractivity contribution < 1.29 is 19.1 Å². The van der Waals surface area contributed by atoms with Crippen LogP contribution in [0.5, 0.6) is 5.75 Å². The topological polar surface area (TPSA) is 59.1 Å². The fourth-order valence-corrected chi connectivity index (χ4v) is 4.25. The van der Waals surface area contributed by atoms with Crippen LogP contribution in [0.2, 0.25) is 0 Å². The number of likely N-dealkylation sites (tertiary alicyclic amines) is 2. The molecular weight excluding hydrogens is 344 g/mol. The lowest BCUT2D eigenvalue weighted by atomic mass is 9.78. The number of rotatable bonds is 7. The highest BCUT2D eigenvalue weighted by atomic mass is 16.5. The molecule has 2 amide bonds. The van der Waals surface area contributed by atoms with Gasteiger partial charge in [0.25, 0.3) is 0 Å². The molecule has 148 valence electrons. The molecule has 0 aromatic heterocycles. The summed E-state index contributed by atoms with van der Waals surface area (Å²) in [6.07, 6.45) is 2.93. The first-order chi connectivity index (χ1) is 13.1. The molecule has 2 saturated heterocycles. The zero-order valence-corrected chi connectivity index (χ0v) is 16.4. The smallest absolute Gasteiger partial charge is 0.230 e. The van der Waals surface area contributed by atoms with Gasteiger partial charge < -0.3 is 19.3 Å². The minimum atomic E-state index is -0.402. The van der Waals surface area contributed by atoms with E-state index < -0.39 is 5.41 Å². The van der Waals surface area contributed by atoms with Crippen molar-refractivity contribution in [3.05, 3.63) is 29.8 Å². The van der Waals surface area contributed by atoms with Crippen molar-refractivity contribution in [2.75, 3.05) is 46.5 Å². The maximum Gasteiger partial charge on any atom is 0.230 e. The Morgan fingerprint density at radius 1 is 1.22 bits per heavy atom. The number of carbonyl (C=O) groups excluding carboxylic acids is 2. The Morgan fingerprint density at radius 2 is 2.04 bits per heavy atom. The molecule has 0 bridgehead atoms. The second-order valence-electron chi connectivity index (χ2n) is 7.45. The highest BCUT2D eigenvalue weighted by molar-refractivity contribution is 5.86. The number of carbonyl (C=O) groups is 2. The van der Waals surface area contributed by atoms with Gasteiger partial charge in [0.15, 0.2) is 0 Å². The van der Waals surface area contributed by atoms with Crippen LogP contribution in [0, 0.1) is 5.41 Å². The molecule has 1 aromatic carbocycles. The SMILES string of the molecule is CCOc1ccccc1CC(=O)N1CCC2(CCCN(CCOC)C2=O)C1. The lowest BCUT2D eigenvalue weighted by molar-refractivity contribution is -0.146. The van der Waals surface area contributed by atoms with Crippen molar-refractivity contribution >= 4 is 11.8 Å². The summed E-state index contributed by atoms with van der Waals surface area (Å²) in [4.78, 5) is 29.7. The fraction of sp³-hybridized carbons (Fsp3) is 0.619. The van der Waals surface area contributed by atoms with E-state index in [-0.39, 0.29) is 11.8 Å². The Labute approximate surface area is 161 Å². The molecule has 1 unspecified atom stereocenters. The number of amides is 2. The van der Waals surface area contributed by atoms with E-state index in [0.29, 0.717) is 39.3 Å². The summed E-state index contributed by atoms with van der Waals surface area (Å²) in [5.41, 5.74) is 0.503. The van der Waals surface area contributed by atoms with Crippen LogP contribution >= 0.6 is 0 Å². The number of hydrogen-bond donors (Lipinski definition) is 0. The summed E-state index contributed by atoms with van der Waals surface area (Å²) >= 11 is 0. The number of ether oxygens (including phenoxy) is 2. The lowest BCUT2D eigenvalue weighted by Gasteiger charge is -2.39. The van der Waals surface area contributed by atoms with Gasteiger partial charge in [-0.1, -0.05) is 18.2 Å². The van der Waals surface area contributed by atoms with E-state index in [2.05, 4.69) is 0 Å². The van der Waals surface area contributed by atoms with Crippen LogP contribution in [0.15, 0.2) is 24.3 Å². The molecule has 2 heterocycles. The molecule has 2 aliphatic heterocycles. The molecule has 0 N–H and O–H groups in total. The van der Waals surface area contributed by atoms with E-state index in [0.717, 1.165) is 37.1 Å². The van der Waals surface area contributed by atoms with Gasteiger partial charge >= 0.3 is 0 Å². The third kappa shape index (κ3) is 4.26. The number of para-hydroxylation sites is 1. The Bertz CT molecular complexity index is 678. The van der Waals surface area contributed by atoms with Crippen LogP contribution in [0.4, 0.5) is 0 Å². The molecule has 0 saturated carbocycles. The van der Waals surface area contributed by atoms with Crippen LogP contribution in [0.25, 0.3) is 0 Å². The normalized spacial score (nSPS) is 22.5. The monoisotopic (exact) mass is 374 g/mol. The number of methoxy groups -OCH3 is 1. The van der Waals surface area contributed by atoms with Gasteiger partial charge in [0.1, 0.15) is 5.75 Å². The summed E-state index contributed by atoms with van der Waals surface area (Å²) in [5.74, 6) is 1.03. The van der Waals surface area contributed by atoms with Crippen molar-refractivity contribution in [2.45, 2.75) is 32.6 Å². The maximum absolute atomic E-state index is 13.0. The summed E-state index contributed by atoms with van der Waals surface area (Å²) < 4.78 is 10.8. The molecule has 1 aromatic rings. The summed E-state index contributed by atoms with van der Waals surface area (Å²) in [6.45, 7) is 5.67. The first-order valence-electron chi connectivity index (χ1n) is 9.86. The number of benzene rings is 1. The third-order valence-electron chi connectivity index (χ3n) is 5.71. The van der Waals surface area contributed by atoms with Gasteiger partial charge in [-0.15, -0.1) is 0 Å². The zero-order valence-electron chi connectivity index (χ0n) is 16.4. The highest BCUT2D eigenvalue weighted by Gasteiger charge is 2.49. The van der Waals surface area contributed by atoms with Crippen LogP contribution in [0.1, 0.15) is 31.7 Å². The fourth-order valence-electron chi connectivity index (χ4n) is 4.25. The first-order valence-corrected chi connectivity index (χ1v) is 9.86. The molecule has 1 spiro atoms. The number of piperidine rings is 1. The van der Waals surface area contributed by atoms with E-state index in [9.17, 15) is 9.59 Å². The molecule has 27 heavy (non-hydrogen) atoms.